The molecule has 0 bridgehead atoms. The lowest BCUT2D eigenvalue weighted by Crippen LogP contribution is -2.54. The maximum absolute atomic E-state index is 12.7. The predicted octanol–water partition coefficient (Wildman–Crippen LogP) is 1.91. The van der Waals surface area contributed by atoms with Crippen LogP contribution in [0.25, 0.3) is 0 Å². The maximum atomic E-state index is 12.7. The molecule has 0 saturated carbocycles. The molecule has 1 aliphatic heterocycles. The lowest BCUT2D eigenvalue weighted by molar-refractivity contribution is -0.148. The molecule has 0 spiro atoms. The summed E-state index contributed by atoms with van der Waals surface area (Å²) in [4.78, 5) is 39.3. The number of hydrogen-bond acceptors (Lipinski definition) is 3. The number of hydrogen-bond donors (Lipinski definition) is 1. The second-order valence-corrected chi connectivity index (χ2v) is 6.88. The van der Waals surface area contributed by atoms with E-state index in [-0.39, 0.29) is 11.8 Å². The summed E-state index contributed by atoms with van der Waals surface area (Å²) < 4.78 is 0. The topological polar surface area (TPSA) is 69.7 Å². The fraction of sp³-hybridized carbons (Fsp3) is 0.471. The second kappa shape index (κ2) is 7.21. The molecule has 0 aromatic heterocycles. The van der Waals surface area contributed by atoms with Crippen LogP contribution in [0, 0.1) is 12.3 Å². The van der Waals surface area contributed by atoms with Gasteiger partial charge in [0.15, 0.2) is 0 Å². The van der Waals surface area contributed by atoms with Gasteiger partial charge in [0.25, 0.3) is 0 Å². The van der Waals surface area contributed by atoms with Crippen molar-refractivity contribution in [2.75, 3.05) is 31.5 Å². The molecule has 1 saturated heterocycles. The van der Waals surface area contributed by atoms with Crippen LogP contribution in [-0.4, -0.2) is 54.2 Å². The van der Waals surface area contributed by atoms with Gasteiger partial charge in [-0.2, -0.15) is 0 Å². The van der Waals surface area contributed by atoms with Gasteiger partial charge in [0, 0.05) is 36.9 Å². The van der Waals surface area contributed by atoms with E-state index in [1.165, 1.54) is 0 Å². The van der Waals surface area contributed by atoms with Gasteiger partial charge in [-0.1, -0.05) is 17.7 Å². The van der Waals surface area contributed by atoms with Gasteiger partial charge in [-0.15, -0.1) is 0 Å². The van der Waals surface area contributed by atoms with Crippen molar-refractivity contribution >= 4 is 35.5 Å². The summed E-state index contributed by atoms with van der Waals surface area (Å²) in [5.41, 5.74) is 0.265. The van der Waals surface area contributed by atoms with Crippen LogP contribution in [-0.2, 0) is 14.4 Å². The van der Waals surface area contributed by atoms with E-state index in [0.717, 1.165) is 12.0 Å². The molecule has 0 atom stereocenters. The summed E-state index contributed by atoms with van der Waals surface area (Å²) in [7, 11) is 0. The summed E-state index contributed by atoms with van der Waals surface area (Å²) in [5.74, 6) is -0.631. The van der Waals surface area contributed by atoms with Crippen LogP contribution in [0.3, 0.4) is 0 Å². The average Bonchev–Trinajstić information content (AvgIpc) is 2.57. The molecule has 7 heteroatoms. The molecule has 3 amide bonds. The molecule has 0 radical (unpaired) electrons. The Morgan fingerprint density at radius 2 is 1.83 bits per heavy atom. The van der Waals surface area contributed by atoms with Crippen LogP contribution < -0.4 is 5.32 Å². The zero-order chi connectivity index (χ0) is 17.9. The molecule has 1 heterocycles. The number of rotatable bonds is 4. The van der Waals surface area contributed by atoms with Crippen molar-refractivity contribution in [3.8, 4) is 0 Å². The molecule has 6 nitrogen and oxygen atoms in total. The van der Waals surface area contributed by atoms with E-state index < -0.39 is 5.41 Å². The minimum Gasteiger partial charge on any atom is -0.342 e. The lowest BCUT2D eigenvalue weighted by Gasteiger charge is -2.36. The molecule has 0 unspecified atom stereocenters. The van der Waals surface area contributed by atoms with Crippen LogP contribution in [0.1, 0.15) is 19.4 Å². The van der Waals surface area contributed by atoms with Crippen molar-refractivity contribution < 1.29 is 14.4 Å². The number of benzene rings is 1. The van der Waals surface area contributed by atoms with Crippen LogP contribution in [0.5, 0.6) is 0 Å². The molecule has 0 aliphatic carbocycles. The number of carbonyl (C=O) groups is 3. The molecule has 2 rings (SSSR count). The predicted molar refractivity (Wildman–Crippen MR) is 92.8 cm³/mol. The van der Waals surface area contributed by atoms with Gasteiger partial charge in [-0.25, -0.2) is 0 Å². The minimum absolute atomic E-state index is 0.247. The van der Waals surface area contributed by atoms with E-state index in [2.05, 4.69) is 5.32 Å². The maximum Gasteiger partial charge on any atom is 0.239 e. The highest BCUT2D eigenvalue weighted by Crippen LogP contribution is 2.25. The molecule has 1 aromatic carbocycles. The highest BCUT2D eigenvalue weighted by molar-refractivity contribution is 6.31. The van der Waals surface area contributed by atoms with Gasteiger partial charge < -0.3 is 15.1 Å². The highest BCUT2D eigenvalue weighted by Gasteiger charge is 2.40. The first-order valence-electron chi connectivity index (χ1n) is 7.82. The summed E-state index contributed by atoms with van der Waals surface area (Å²) in [5, 5.41) is 3.31. The first-order chi connectivity index (χ1) is 11.3. The molecule has 24 heavy (non-hydrogen) atoms. The number of aryl methyl sites for hydroxylation is 1. The first kappa shape index (κ1) is 18.3. The van der Waals surface area contributed by atoms with Crippen molar-refractivity contribution in [2.24, 2.45) is 5.41 Å². The molecule has 1 aromatic rings. The van der Waals surface area contributed by atoms with E-state index >= 15 is 0 Å². The number of piperazine rings is 1. The highest BCUT2D eigenvalue weighted by atomic mass is 35.5. The van der Waals surface area contributed by atoms with E-state index in [9.17, 15) is 14.4 Å². The number of halogens is 1. The number of nitrogens with one attached hydrogen (secondary N) is 1. The molecule has 1 fully saturated rings. The molecule has 1 aliphatic rings. The second-order valence-electron chi connectivity index (χ2n) is 6.48. The summed E-state index contributed by atoms with van der Waals surface area (Å²) in [6, 6.07) is 5.23. The van der Waals surface area contributed by atoms with Gasteiger partial charge in [-0.3, -0.25) is 14.4 Å². The Labute approximate surface area is 146 Å². The van der Waals surface area contributed by atoms with Gasteiger partial charge >= 0.3 is 0 Å². The number of nitrogens with zero attached hydrogens (tertiary/aromatic N) is 2. The van der Waals surface area contributed by atoms with Crippen LogP contribution in [0.15, 0.2) is 18.2 Å². The normalized spacial score (nSPS) is 15.2. The third kappa shape index (κ3) is 3.87. The molecular formula is C17H22ClN3O3. The molecule has 130 valence electrons. The van der Waals surface area contributed by atoms with E-state index in [0.29, 0.717) is 36.9 Å². The Bertz CT molecular complexity index is 652. The zero-order valence-electron chi connectivity index (χ0n) is 14.1. The minimum atomic E-state index is -1.21. The summed E-state index contributed by atoms with van der Waals surface area (Å²) >= 11 is 6.06. The van der Waals surface area contributed by atoms with Gasteiger partial charge in [0.1, 0.15) is 5.41 Å². The Hall–Kier alpha value is -2.08. The fourth-order valence-electron chi connectivity index (χ4n) is 2.48. The summed E-state index contributed by atoms with van der Waals surface area (Å²) in [6.07, 6.45) is 0.779. The van der Waals surface area contributed by atoms with Crippen molar-refractivity contribution in [1.29, 1.82) is 0 Å². The number of amides is 3. The Kier molecular flexibility index (Phi) is 5.49. The van der Waals surface area contributed by atoms with Crippen molar-refractivity contribution in [3.05, 3.63) is 28.8 Å². The van der Waals surface area contributed by atoms with Crippen LogP contribution in [0.2, 0.25) is 5.02 Å². The van der Waals surface area contributed by atoms with Gasteiger partial charge in [0.2, 0.25) is 18.2 Å². The quantitative estimate of drug-likeness (QED) is 0.665. The monoisotopic (exact) mass is 351 g/mol. The van der Waals surface area contributed by atoms with Gasteiger partial charge in [-0.05, 0) is 38.5 Å². The molecule has 1 N–H and O–H groups in total. The fourth-order valence-corrected chi connectivity index (χ4v) is 2.66. The Balaban J connectivity index is 2.05. The zero-order valence-corrected chi connectivity index (χ0v) is 14.9. The standard InChI is InChI=1S/C17H22ClN3O3/c1-12-4-5-13(10-14(12)18)19-15(23)17(2,3)16(24)21-8-6-20(11-22)7-9-21/h4-5,10-11H,6-9H2,1-3H3,(H,19,23). The smallest absolute Gasteiger partial charge is 0.239 e. The van der Waals surface area contributed by atoms with Crippen molar-refractivity contribution in [3.63, 3.8) is 0 Å². The Morgan fingerprint density at radius 3 is 2.38 bits per heavy atom. The van der Waals surface area contributed by atoms with E-state index in [4.69, 9.17) is 11.6 Å². The average molecular weight is 352 g/mol. The first-order valence-corrected chi connectivity index (χ1v) is 8.20. The summed E-state index contributed by atoms with van der Waals surface area (Å²) in [6.45, 7) is 6.93. The number of anilines is 1. The largest absolute Gasteiger partial charge is 0.342 e. The third-order valence-electron chi connectivity index (χ3n) is 4.28. The number of carbonyl (C=O) groups excluding carboxylic acids is 3. The SMILES string of the molecule is Cc1ccc(NC(=O)C(C)(C)C(=O)N2CCN(C=O)CC2)cc1Cl. The van der Waals surface area contributed by atoms with Crippen LogP contribution >= 0.6 is 11.6 Å². The van der Waals surface area contributed by atoms with E-state index in [1.807, 2.05) is 13.0 Å². The lowest BCUT2D eigenvalue weighted by atomic mass is 9.89. The Morgan fingerprint density at radius 1 is 1.21 bits per heavy atom. The molecular weight excluding hydrogens is 330 g/mol. The third-order valence-corrected chi connectivity index (χ3v) is 4.69. The van der Waals surface area contributed by atoms with E-state index in [1.54, 1.807) is 35.8 Å². The van der Waals surface area contributed by atoms with Gasteiger partial charge in [0.05, 0.1) is 0 Å². The van der Waals surface area contributed by atoms with Crippen molar-refractivity contribution in [2.45, 2.75) is 20.8 Å². The van der Waals surface area contributed by atoms with Crippen molar-refractivity contribution in [1.82, 2.24) is 9.80 Å². The van der Waals surface area contributed by atoms with Crippen LogP contribution in [0.4, 0.5) is 5.69 Å².